The van der Waals surface area contributed by atoms with E-state index in [2.05, 4.69) is 19.2 Å². The molecule has 9 heavy (non-hydrogen) atoms. The molecule has 1 saturated carbocycles. The monoisotopic (exact) mass is 147 g/mol. The number of rotatable bonds is 0. The van der Waals surface area contributed by atoms with Crippen molar-refractivity contribution in [1.82, 2.24) is 5.32 Å². The zero-order valence-electron chi connectivity index (χ0n) is 5.98. The molecule has 0 aromatic rings. The van der Waals surface area contributed by atoms with Crippen LogP contribution in [0.1, 0.15) is 13.8 Å². The lowest BCUT2D eigenvalue weighted by molar-refractivity contribution is 0.475. The maximum Gasteiger partial charge on any atom is -0.00118 e. The van der Waals surface area contributed by atoms with Crippen LogP contribution in [0.25, 0.3) is 0 Å². The van der Waals surface area contributed by atoms with Gasteiger partial charge in [0, 0.05) is 0 Å². The summed E-state index contributed by atoms with van der Waals surface area (Å²) in [7, 11) is 0. The first-order chi connectivity index (χ1) is 3.73. The molecule has 2 aliphatic rings. The highest BCUT2D eigenvalue weighted by molar-refractivity contribution is 5.85. The maximum absolute atomic E-state index is 3.38. The fraction of sp³-hybridized carbons (Fsp3) is 1.00. The number of nitrogens with one attached hydrogen (secondary N) is 1. The van der Waals surface area contributed by atoms with E-state index in [-0.39, 0.29) is 12.4 Å². The van der Waals surface area contributed by atoms with Crippen LogP contribution in [0.5, 0.6) is 0 Å². The van der Waals surface area contributed by atoms with Crippen LogP contribution in [-0.4, -0.2) is 13.1 Å². The minimum absolute atomic E-state index is 0. The molecule has 1 N–H and O–H groups in total. The molecule has 2 heteroatoms. The van der Waals surface area contributed by atoms with Gasteiger partial charge in [0.15, 0.2) is 0 Å². The predicted molar refractivity (Wildman–Crippen MR) is 40.9 cm³/mol. The van der Waals surface area contributed by atoms with Crippen molar-refractivity contribution in [3.8, 4) is 0 Å². The summed E-state index contributed by atoms with van der Waals surface area (Å²) in [5, 5.41) is 3.38. The van der Waals surface area contributed by atoms with Crippen LogP contribution in [0.2, 0.25) is 0 Å². The number of hydrogen-bond acceptors (Lipinski definition) is 1. The molecule has 1 nitrogen and oxygen atoms in total. The third-order valence-electron chi connectivity index (χ3n) is 3.02. The van der Waals surface area contributed by atoms with Crippen LogP contribution >= 0.6 is 12.4 Å². The Labute approximate surface area is 62.6 Å². The van der Waals surface area contributed by atoms with Crippen LogP contribution in [0, 0.1) is 17.3 Å². The van der Waals surface area contributed by atoms with Gasteiger partial charge in [0.25, 0.3) is 0 Å². The Morgan fingerprint density at radius 2 is 1.67 bits per heavy atom. The van der Waals surface area contributed by atoms with Crippen molar-refractivity contribution in [3.63, 3.8) is 0 Å². The zero-order valence-corrected chi connectivity index (χ0v) is 6.79. The van der Waals surface area contributed by atoms with Crippen molar-refractivity contribution in [1.29, 1.82) is 0 Å². The normalized spacial score (nSPS) is 43.3. The van der Waals surface area contributed by atoms with E-state index in [0.29, 0.717) is 5.41 Å². The molecule has 0 unspecified atom stereocenters. The van der Waals surface area contributed by atoms with E-state index in [1.165, 1.54) is 13.1 Å². The molecule has 2 rings (SSSR count). The van der Waals surface area contributed by atoms with E-state index in [9.17, 15) is 0 Å². The van der Waals surface area contributed by atoms with E-state index >= 15 is 0 Å². The van der Waals surface area contributed by atoms with Gasteiger partial charge in [-0.05, 0) is 30.3 Å². The molecular weight excluding hydrogens is 134 g/mol. The van der Waals surface area contributed by atoms with E-state index in [1.807, 2.05) is 0 Å². The minimum atomic E-state index is 0. The average molecular weight is 148 g/mol. The molecule has 54 valence electrons. The van der Waals surface area contributed by atoms with Gasteiger partial charge >= 0.3 is 0 Å². The first-order valence-electron chi connectivity index (χ1n) is 3.43. The first-order valence-corrected chi connectivity index (χ1v) is 3.43. The van der Waals surface area contributed by atoms with Gasteiger partial charge in [-0.2, -0.15) is 0 Å². The molecule has 1 saturated heterocycles. The number of fused-ring (bicyclic) bond motifs is 1. The van der Waals surface area contributed by atoms with Crippen LogP contribution in [0.4, 0.5) is 0 Å². The molecule has 0 radical (unpaired) electrons. The summed E-state index contributed by atoms with van der Waals surface area (Å²) in [5.74, 6) is 2.03. The molecule has 2 atom stereocenters. The van der Waals surface area contributed by atoms with Crippen molar-refractivity contribution >= 4 is 12.4 Å². The third kappa shape index (κ3) is 0.786. The maximum atomic E-state index is 3.38. The Hall–Kier alpha value is 0.250. The van der Waals surface area contributed by atoms with Crippen molar-refractivity contribution < 1.29 is 0 Å². The molecule has 1 aliphatic carbocycles. The van der Waals surface area contributed by atoms with Gasteiger partial charge in [-0.1, -0.05) is 13.8 Å². The highest BCUT2D eigenvalue weighted by Gasteiger charge is 2.59. The lowest BCUT2D eigenvalue weighted by Gasteiger charge is -2.06. The second-order valence-corrected chi connectivity index (χ2v) is 3.69. The molecule has 2 fully saturated rings. The van der Waals surface area contributed by atoms with Crippen molar-refractivity contribution in [2.24, 2.45) is 17.3 Å². The Kier molecular flexibility index (Phi) is 1.52. The van der Waals surface area contributed by atoms with E-state index in [0.717, 1.165) is 11.8 Å². The average Bonchev–Trinajstić information content (AvgIpc) is 2.22. The SMILES string of the molecule is CC1(C)[C@@H]2CNC[C@@H]21.Cl. The Morgan fingerprint density at radius 1 is 1.22 bits per heavy atom. The van der Waals surface area contributed by atoms with E-state index < -0.39 is 0 Å². The number of piperidine rings is 1. The summed E-state index contributed by atoms with van der Waals surface area (Å²) in [4.78, 5) is 0. The lowest BCUT2D eigenvalue weighted by Crippen LogP contribution is -2.17. The van der Waals surface area contributed by atoms with Gasteiger partial charge in [0.2, 0.25) is 0 Å². The largest absolute Gasteiger partial charge is 0.316 e. The molecule has 0 aromatic heterocycles. The van der Waals surface area contributed by atoms with Gasteiger partial charge in [0.05, 0.1) is 0 Å². The second-order valence-electron chi connectivity index (χ2n) is 3.69. The van der Waals surface area contributed by atoms with Gasteiger partial charge in [-0.15, -0.1) is 12.4 Å². The Balaban J connectivity index is 0.000000405. The summed E-state index contributed by atoms with van der Waals surface area (Å²) < 4.78 is 0. The van der Waals surface area contributed by atoms with E-state index in [4.69, 9.17) is 0 Å². The molecule has 1 aliphatic heterocycles. The van der Waals surface area contributed by atoms with Crippen molar-refractivity contribution in [3.05, 3.63) is 0 Å². The fourth-order valence-electron chi connectivity index (χ4n) is 2.06. The Morgan fingerprint density at radius 3 is 1.89 bits per heavy atom. The van der Waals surface area contributed by atoms with Gasteiger partial charge < -0.3 is 5.32 Å². The molecule has 0 bridgehead atoms. The third-order valence-corrected chi connectivity index (χ3v) is 3.02. The summed E-state index contributed by atoms with van der Waals surface area (Å²) in [6, 6.07) is 0. The van der Waals surface area contributed by atoms with Crippen molar-refractivity contribution in [2.45, 2.75) is 13.8 Å². The smallest absolute Gasteiger partial charge is 0.00118 e. The van der Waals surface area contributed by atoms with Crippen molar-refractivity contribution in [2.75, 3.05) is 13.1 Å². The standard InChI is InChI=1S/C7H13N.ClH/c1-7(2)5-3-8-4-6(5)7;/h5-6,8H,3-4H2,1-2H3;1H/t5-,6+;. The molecule has 0 amide bonds. The molecule has 0 spiro atoms. The predicted octanol–water partition coefficient (Wildman–Crippen LogP) is 1.28. The summed E-state index contributed by atoms with van der Waals surface area (Å²) in [5.41, 5.74) is 0.700. The fourth-order valence-corrected chi connectivity index (χ4v) is 2.06. The van der Waals surface area contributed by atoms with Crippen LogP contribution < -0.4 is 5.32 Å². The Bertz CT molecular complexity index is 110. The topological polar surface area (TPSA) is 12.0 Å². The van der Waals surface area contributed by atoms with E-state index in [1.54, 1.807) is 0 Å². The van der Waals surface area contributed by atoms with Crippen LogP contribution in [-0.2, 0) is 0 Å². The van der Waals surface area contributed by atoms with Crippen LogP contribution in [0.3, 0.4) is 0 Å². The molecule has 0 aromatic carbocycles. The quantitative estimate of drug-likeness (QED) is 0.545. The first kappa shape index (κ1) is 7.36. The molecule has 1 heterocycles. The summed E-state index contributed by atoms with van der Waals surface area (Å²) in [6.45, 7) is 7.31. The minimum Gasteiger partial charge on any atom is -0.316 e. The number of halogens is 1. The number of hydrogen-bond donors (Lipinski definition) is 1. The zero-order chi connectivity index (χ0) is 5.78. The summed E-state index contributed by atoms with van der Waals surface area (Å²) in [6.07, 6.45) is 0. The van der Waals surface area contributed by atoms with Gasteiger partial charge in [-0.25, -0.2) is 0 Å². The van der Waals surface area contributed by atoms with Crippen LogP contribution in [0.15, 0.2) is 0 Å². The highest BCUT2D eigenvalue weighted by atomic mass is 35.5. The van der Waals surface area contributed by atoms with Gasteiger partial charge in [-0.3, -0.25) is 0 Å². The second kappa shape index (κ2) is 1.86. The summed E-state index contributed by atoms with van der Waals surface area (Å²) >= 11 is 0. The van der Waals surface area contributed by atoms with Gasteiger partial charge in [0.1, 0.15) is 0 Å². The highest BCUT2D eigenvalue weighted by Crippen LogP contribution is 2.59. The molecular formula is C7H14ClN. The lowest BCUT2D eigenvalue weighted by atomic mass is 10.1.